The molecule has 0 aromatic rings. The van der Waals surface area contributed by atoms with Crippen LogP contribution in [0.4, 0.5) is 0 Å². The predicted octanol–water partition coefficient (Wildman–Crippen LogP) is -0.322. The van der Waals surface area contributed by atoms with E-state index in [1.54, 1.807) is 0 Å². The van der Waals surface area contributed by atoms with Crippen molar-refractivity contribution in [3.05, 3.63) is 0 Å². The number of nitrogens with one attached hydrogen (secondary N) is 1. The van der Waals surface area contributed by atoms with Crippen molar-refractivity contribution in [2.24, 2.45) is 0 Å². The van der Waals surface area contributed by atoms with E-state index in [0.717, 1.165) is 26.2 Å². The van der Waals surface area contributed by atoms with Crippen molar-refractivity contribution in [3.8, 4) is 0 Å². The third-order valence-electron chi connectivity index (χ3n) is 2.18. The first-order chi connectivity index (χ1) is 6.47. The first-order valence-corrected chi connectivity index (χ1v) is 5.20. The van der Waals surface area contributed by atoms with Gasteiger partial charge in [-0.2, -0.15) is 0 Å². The summed E-state index contributed by atoms with van der Waals surface area (Å²) >= 11 is 0. The minimum atomic E-state index is -0.628. The summed E-state index contributed by atoms with van der Waals surface area (Å²) in [5, 5.41) is 12.9. The Balaban J connectivity index is 2.21. The molecular weight excluding hydrogens is 180 g/mol. The molecular formula is C10H22N2O2. The topological polar surface area (TPSA) is 44.7 Å². The molecule has 0 aromatic carbocycles. The van der Waals surface area contributed by atoms with Gasteiger partial charge < -0.3 is 20.1 Å². The lowest BCUT2D eigenvalue weighted by Gasteiger charge is -2.31. The molecule has 4 nitrogen and oxygen atoms in total. The first kappa shape index (κ1) is 11.9. The minimum absolute atomic E-state index is 0.260. The maximum atomic E-state index is 9.62. The second-order valence-corrected chi connectivity index (χ2v) is 4.71. The highest BCUT2D eigenvalue weighted by molar-refractivity contribution is 4.75. The fraction of sp³-hybridized carbons (Fsp3) is 1.00. The van der Waals surface area contributed by atoms with Gasteiger partial charge in [0.05, 0.1) is 18.3 Å². The van der Waals surface area contributed by atoms with Gasteiger partial charge in [-0.15, -0.1) is 0 Å². The highest BCUT2D eigenvalue weighted by Crippen LogP contribution is 2.05. The number of rotatable bonds is 4. The van der Waals surface area contributed by atoms with E-state index in [9.17, 15) is 5.11 Å². The fourth-order valence-electron chi connectivity index (χ4n) is 1.81. The number of ether oxygens (including phenoxy) is 1. The summed E-state index contributed by atoms with van der Waals surface area (Å²) in [6.45, 7) is 7.85. The maximum Gasteiger partial charge on any atom is 0.0826 e. The second-order valence-electron chi connectivity index (χ2n) is 4.71. The largest absolute Gasteiger partial charge is 0.389 e. The second kappa shape index (κ2) is 5.07. The van der Waals surface area contributed by atoms with Gasteiger partial charge in [0.1, 0.15) is 0 Å². The van der Waals surface area contributed by atoms with Crippen LogP contribution >= 0.6 is 0 Å². The van der Waals surface area contributed by atoms with Crippen molar-refractivity contribution in [3.63, 3.8) is 0 Å². The molecule has 1 unspecified atom stereocenters. The summed E-state index contributed by atoms with van der Waals surface area (Å²) in [7, 11) is 2.01. The molecule has 1 fully saturated rings. The molecule has 14 heavy (non-hydrogen) atoms. The molecule has 2 N–H and O–H groups in total. The van der Waals surface area contributed by atoms with Gasteiger partial charge in [-0.3, -0.25) is 0 Å². The Morgan fingerprint density at radius 2 is 2.29 bits per heavy atom. The normalized spacial score (nSPS) is 24.2. The number of morpholine rings is 1. The van der Waals surface area contributed by atoms with E-state index in [-0.39, 0.29) is 6.10 Å². The maximum absolute atomic E-state index is 9.62. The van der Waals surface area contributed by atoms with Crippen LogP contribution in [-0.4, -0.2) is 61.5 Å². The van der Waals surface area contributed by atoms with Crippen molar-refractivity contribution in [1.29, 1.82) is 0 Å². The number of nitrogens with zero attached hydrogens (tertiary/aromatic N) is 1. The van der Waals surface area contributed by atoms with E-state index in [0.29, 0.717) is 6.54 Å². The summed E-state index contributed by atoms with van der Waals surface area (Å²) in [6.07, 6.45) is 0.260. The van der Waals surface area contributed by atoms with E-state index in [1.807, 2.05) is 20.9 Å². The summed E-state index contributed by atoms with van der Waals surface area (Å²) in [6, 6.07) is 0. The quantitative estimate of drug-likeness (QED) is 0.656. The van der Waals surface area contributed by atoms with E-state index in [1.165, 1.54) is 0 Å². The predicted molar refractivity (Wildman–Crippen MR) is 56.4 cm³/mol. The van der Waals surface area contributed by atoms with Crippen LogP contribution in [0.1, 0.15) is 13.8 Å². The molecule has 0 aliphatic carbocycles. The Kier molecular flexibility index (Phi) is 4.31. The smallest absolute Gasteiger partial charge is 0.0826 e. The molecule has 0 aromatic heterocycles. The standard InChI is InChI=1S/C10H22N2O2/c1-10(2,13)8-12(3)7-9-6-11-4-5-14-9/h9,11,13H,4-8H2,1-3H3. The van der Waals surface area contributed by atoms with Crippen LogP contribution in [0.5, 0.6) is 0 Å². The van der Waals surface area contributed by atoms with Crippen molar-refractivity contribution in [1.82, 2.24) is 10.2 Å². The van der Waals surface area contributed by atoms with E-state index < -0.39 is 5.60 Å². The molecule has 1 aliphatic rings. The highest BCUT2D eigenvalue weighted by Gasteiger charge is 2.20. The SMILES string of the molecule is CN(CC1CNCCO1)CC(C)(C)O. The van der Waals surface area contributed by atoms with E-state index in [4.69, 9.17) is 4.74 Å². The zero-order valence-electron chi connectivity index (χ0n) is 9.42. The first-order valence-electron chi connectivity index (χ1n) is 5.20. The molecule has 0 spiro atoms. The Hall–Kier alpha value is -0.160. The summed E-state index contributed by atoms with van der Waals surface area (Å²) in [4.78, 5) is 2.11. The van der Waals surface area contributed by atoms with Gasteiger partial charge in [0.2, 0.25) is 0 Å². The lowest BCUT2D eigenvalue weighted by atomic mass is 10.1. The van der Waals surface area contributed by atoms with Crippen LogP contribution in [0.25, 0.3) is 0 Å². The van der Waals surface area contributed by atoms with Crippen LogP contribution in [0.15, 0.2) is 0 Å². The summed E-state index contributed by atoms with van der Waals surface area (Å²) in [5.41, 5.74) is -0.628. The van der Waals surface area contributed by atoms with Gasteiger partial charge in [0, 0.05) is 26.2 Å². The molecule has 0 radical (unpaired) electrons. The third-order valence-corrected chi connectivity index (χ3v) is 2.18. The van der Waals surface area contributed by atoms with Gasteiger partial charge in [-0.1, -0.05) is 0 Å². The molecule has 1 rings (SSSR count). The molecule has 1 heterocycles. The Bertz CT molecular complexity index is 162. The van der Waals surface area contributed by atoms with Crippen molar-refractivity contribution in [2.45, 2.75) is 25.6 Å². The Morgan fingerprint density at radius 3 is 2.79 bits per heavy atom. The number of hydrogen-bond acceptors (Lipinski definition) is 4. The molecule has 1 aliphatic heterocycles. The van der Waals surface area contributed by atoms with Crippen LogP contribution in [0.2, 0.25) is 0 Å². The van der Waals surface area contributed by atoms with Crippen LogP contribution in [0.3, 0.4) is 0 Å². The van der Waals surface area contributed by atoms with Gasteiger partial charge in [-0.25, -0.2) is 0 Å². The molecule has 4 heteroatoms. The van der Waals surface area contributed by atoms with Gasteiger partial charge in [0.25, 0.3) is 0 Å². The van der Waals surface area contributed by atoms with Crippen LogP contribution < -0.4 is 5.32 Å². The zero-order valence-corrected chi connectivity index (χ0v) is 9.42. The van der Waals surface area contributed by atoms with Gasteiger partial charge in [-0.05, 0) is 20.9 Å². The van der Waals surface area contributed by atoms with Crippen molar-refractivity contribution in [2.75, 3.05) is 39.8 Å². The van der Waals surface area contributed by atoms with Gasteiger partial charge in [0.15, 0.2) is 0 Å². The lowest BCUT2D eigenvalue weighted by Crippen LogP contribution is -2.47. The molecule has 84 valence electrons. The number of aliphatic hydroxyl groups is 1. The molecule has 0 bridgehead atoms. The summed E-state index contributed by atoms with van der Waals surface area (Å²) < 4.78 is 5.58. The zero-order chi connectivity index (χ0) is 10.6. The third kappa shape index (κ3) is 4.91. The number of hydrogen-bond donors (Lipinski definition) is 2. The minimum Gasteiger partial charge on any atom is -0.389 e. The highest BCUT2D eigenvalue weighted by atomic mass is 16.5. The molecule has 0 amide bonds. The van der Waals surface area contributed by atoms with Crippen LogP contribution in [0, 0.1) is 0 Å². The Labute approximate surface area is 86.2 Å². The Morgan fingerprint density at radius 1 is 1.57 bits per heavy atom. The van der Waals surface area contributed by atoms with Crippen LogP contribution in [-0.2, 0) is 4.74 Å². The summed E-state index contributed by atoms with van der Waals surface area (Å²) in [5.74, 6) is 0. The lowest BCUT2D eigenvalue weighted by molar-refractivity contribution is -0.0106. The van der Waals surface area contributed by atoms with E-state index >= 15 is 0 Å². The average Bonchev–Trinajstić information content (AvgIpc) is 2.02. The van der Waals surface area contributed by atoms with Crippen molar-refractivity contribution >= 4 is 0 Å². The molecule has 1 saturated heterocycles. The fourth-order valence-corrected chi connectivity index (χ4v) is 1.81. The average molecular weight is 202 g/mol. The van der Waals surface area contributed by atoms with Gasteiger partial charge >= 0.3 is 0 Å². The monoisotopic (exact) mass is 202 g/mol. The molecule has 1 atom stereocenters. The number of likely N-dealkylation sites (N-methyl/N-ethyl adjacent to an activating group) is 1. The van der Waals surface area contributed by atoms with E-state index in [2.05, 4.69) is 10.2 Å². The van der Waals surface area contributed by atoms with Crippen molar-refractivity contribution < 1.29 is 9.84 Å². The molecule has 0 saturated carbocycles.